The lowest BCUT2D eigenvalue weighted by molar-refractivity contribution is -0.274. The van der Waals surface area contributed by atoms with E-state index in [1.54, 1.807) is 12.1 Å². The average molecular weight is 234 g/mol. The van der Waals surface area contributed by atoms with Crippen molar-refractivity contribution in [3.8, 4) is 5.75 Å². The van der Waals surface area contributed by atoms with Gasteiger partial charge in [-0.25, -0.2) is 0 Å². The molecule has 0 saturated heterocycles. The van der Waals surface area contributed by atoms with E-state index in [2.05, 4.69) is 4.74 Å². The van der Waals surface area contributed by atoms with Gasteiger partial charge in [0.05, 0.1) is 0 Å². The molecule has 1 aromatic carbocycles. The molecule has 92 valence electrons. The maximum absolute atomic E-state index is 11.9. The number of para-hydroxylation sites is 1. The molecule has 0 amide bonds. The molecule has 0 aliphatic carbocycles. The summed E-state index contributed by atoms with van der Waals surface area (Å²) in [5.41, 5.74) is 0.590. The Kier molecular flexibility index (Phi) is 6.61. The molecule has 1 aromatic rings. The molecule has 0 aliphatic rings. The number of hydrogen-bond donors (Lipinski definition) is 0. The maximum Gasteiger partial charge on any atom is 0.573 e. The quantitative estimate of drug-likeness (QED) is 0.744. The Bertz CT molecular complexity index is 295. The lowest BCUT2D eigenvalue weighted by Gasteiger charge is -2.12. The van der Waals surface area contributed by atoms with Crippen LogP contribution in [0.3, 0.4) is 0 Å². The third kappa shape index (κ3) is 5.63. The van der Waals surface area contributed by atoms with E-state index in [0.717, 1.165) is 6.42 Å². The Balaban J connectivity index is 0.00000106. The molecule has 0 unspecified atom stereocenters. The first-order chi connectivity index (χ1) is 7.53. The molecular weight excluding hydrogens is 217 g/mol. The summed E-state index contributed by atoms with van der Waals surface area (Å²) in [5.74, 6) is -0.0955. The van der Waals surface area contributed by atoms with Crippen LogP contribution >= 0.6 is 0 Å². The monoisotopic (exact) mass is 234 g/mol. The molecule has 0 N–H and O–H groups in total. The van der Waals surface area contributed by atoms with Gasteiger partial charge >= 0.3 is 6.36 Å². The molecule has 0 bridgehead atoms. The highest BCUT2D eigenvalue weighted by Crippen LogP contribution is 2.26. The third-order valence-electron chi connectivity index (χ3n) is 1.72. The second-order valence-corrected chi connectivity index (χ2v) is 2.91. The second kappa shape index (κ2) is 7.14. The van der Waals surface area contributed by atoms with E-state index in [-0.39, 0.29) is 5.75 Å². The summed E-state index contributed by atoms with van der Waals surface area (Å²) in [5, 5.41) is 0. The lowest BCUT2D eigenvalue weighted by Crippen LogP contribution is -2.18. The lowest BCUT2D eigenvalue weighted by atomic mass is 10.1. The first kappa shape index (κ1) is 14.8. The van der Waals surface area contributed by atoms with Crippen molar-refractivity contribution in [2.45, 2.75) is 40.0 Å². The van der Waals surface area contributed by atoms with E-state index in [1.807, 2.05) is 20.8 Å². The van der Waals surface area contributed by atoms with Crippen molar-refractivity contribution in [2.75, 3.05) is 0 Å². The van der Waals surface area contributed by atoms with E-state index in [1.165, 1.54) is 12.1 Å². The van der Waals surface area contributed by atoms with Crippen LogP contribution in [0, 0.1) is 0 Å². The molecule has 16 heavy (non-hydrogen) atoms. The van der Waals surface area contributed by atoms with Crippen LogP contribution in [-0.2, 0) is 6.42 Å². The average Bonchev–Trinajstić information content (AvgIpc) is 2.22. The fourth-order valence-corrected chi connectivity index (χ4v) is 1.20. The summed E-state index contributed by atoms with van der Waals surface area (Å²) in [7, 11) is 0. The molecule has 0 aromatic heterocycles. The van der Waals surface area contributed by atoms with Crippen molar-refractivity contribution in [1.82, 2.24) is 0 Å². The zero-order valence-corrected chi connectivity index (χ0v) is 9.77. The zero-order chi connectivity index (χ0) is 12.6. The molecule has 0 radical (unpaired) electrons. The van der Waals surface area contributed by atoms with Crippen molar-refractivity contribution >= 4 is 0 Å². The molecule has 1 nitrogen and oxygen atoms in total. The van der Waals surface area contributed by atoms with Crippen molar-refractivity contribution in [3.63, 3.8) is 0 Å². The van der Waals surface area contributed by atoms with Crippen molar-refractivity contribution in [3.05, 3.63) is 29.8 Å². The standard InChI is InChI=1S/C10H11F3O.C2H6/c1-2-5-8-6-3-4-7-9(8)14-10(11,12)13;1-2/h3-4,6-7H,2,5H2,1H3;1-2H3. The highest BCUT2D eigenvalue weighted by molar-refractivity contribution is 5.33. The molecule has 0 heterocycles. The van der Waals surface area contributed by atoms with Crippen molar-refractivity contribution < 1.29 is 17.9 Å². The summed E-state index contributed by atoms with van der Waals surface area (Å²) in [6.45, 7) is 5.91. The summed E-state index contributed by atoms with van der Waals surface area (Å²) >= 11 is 0. The van der Waals surface area contributed by atoms with E-state index in [4.69, 9.17) is 0 Å². The Labute approximate surface area is 94.2 Å². The van der Waals surface area contributed by atoms with Gasteiger partial charge in [0, 0.05) is 0 Å². The third-order valence-corrected chi connectivity index (χ3v) is 1.72. The number of rotatable bonds is 3. The van der Waals surface area contributed by atoms with Crippen LogP contribution in [0.4, 0.5) is 13.2 Å². The van der Waals surface area contributed by atoms with E-state index in [9.17, 15) is 13.2 Å². The summed E-state index contributed by atoms with van der Waals surface area (Å²) in [4.78, 5) is 0. The molecule has 0 spiro atoms. The van der Waals surface area contributed by atoms with Gasteiger partial charge in [-0.05, 0) is 18.1 Å². The summed E-state index contributed by atoms with van der Waals surface area (Å²) < 4.78 is 39.7. The number of benzene rings is 1. The maximum atomic E-state index is 11.9. The van der Waals surface area contributed by atoms with E-state index in [0.29, 0.717) is 12.0 Å². The van der Waals surface area contributed by atoms with Gasteiger partial charge in [-0.15, -0.1) is 13.2 Å². The van der Waals surface area contributed by atoms with Gasteiger partial charge in [-0.3, -0.25) is 0 Å². The van der Waals surface area contributed by atoms with Crippen LogP contribution in [0.1, 0.15) is 32.8 Å². The minimum atomic E-state index is -4.61. The molecule has 0 aliphatic heterocycles. The highest BCUT2D eigenvalue weighted by atomic mass is 19.4. The molecule has 0 saturated carbocycles. The van der Waals surface area contributed by atoms with Crippen LogP contribution < -0.4 is 4.74 Å². The topological polar surface area (TPSA) is 9.23 Å². The molecule has 0 atom stereocenters. The van der Waals surface area contributed by atoms with Gasteiger partial charge < -0.3 is 4.74 Å². The van der Waals surface area contributed by atoms with Crippen molar-refractivity contribution in [2.24, 2.45) is 0 Å². The smallest absolute Gasteiger partial charge is 0.406 e. The Hall–Kier alpha value is -1.19. The predicted octanol–water partition coefficient (Wildman–Crippen LogP) is 4.56. The van der Waals surface area contributed by atoms with Crippen LogP contribution in [0.5, 0.6) is 5.75 Å². The number of ether oxygens (including phenoxy) is 1. The SMILES string of the molecule is CC.CCCc1ccccc1OC(F)(F)F. The van der Waals surface area contributed by atoms with Gasteiger partial charge in [0.15, 0.2) is 0 Å². The van der Waals surface area contributed by atoms with Gasteiger partial charge in [-0.2, -0.15) is 0 Å². The number of hydrogen-bond acceptors (Lipinski definition) is 1. The Morgan fingerprint density at radius 2 is 1.69 bits per heavy atom. The second-order valence-electron chi connectivity index (χ2n) is 2.91. The number of halogens is 3. The number of aryl methyl sites for hydroxylation is 1. The number of alkyl halides is 3. The van der Waals surface area contributed by atoms with Crippen LogP contribution in [0.15, 0.2) is 24.3 Å². The summed E-state index contributed by atoms with van der Waals surface area (Å²) in [6, 6.07) is 6.21. The normalized spacial score (nSPS) is 10.4. The minimum absolute atomic E-state index is 0.0955. The van der Waals surface area contributed by atoms with Gasteiger partial charge in [0.2, 0.25) is 0 Å². The fourth-order valence-electron chi connectivity index (χ4n) is 1.20. The van der Waals surface area contributed by atoms with Crippen LogP contribution in [-0.4, -0.2) is 6.36 Å². The molecule has 1 rings (SSSR count). The van der Waals surface area contributed by atoms with Gasteiger partial charge in [0.25, 0.3) is 0 Å². The van der Waals surface area contributed by atoms with E-state index >= 15 is 0 Å². The first-order valence-electron chi connectivity index (χ1n) is 5.36. The first-order valence-corrected chi connectivity index (χ1v) is 5.36. The van der Waals surface area contributed by atoms with Crippen molar-refractivity contribution in [1.29, 1.82) is 0 Å². The zero-order valence-electron chi connectivity index (χ0n) is 9.77. The molecule has 4 heteroatoms. The van der Waals surface area contributed by atoms with Crippen LogP contribution in [0.2, 0.25) is 0 Å². The van der Waals surface area contributed by atoms with E-state index < -0.39 is 6.36 Å². The largest absolute Gasteiger partial charge is 0.573 e. The minimum Gasteiger partial charge on any atom is -0.406 e. The Morgan fingerprint density at radius 1 is 1.12 bits per heavy atom. The molecule has 0 fully saturated rings. The predicted molar refractivity (Wildman–Crippen MR) is 58.5 cm³/mol. The van der Waals surface area contributed by atoms with Gasteiger partial charge in [0.1, 0.15) is 5.75 Å². The van der Waals surface area contributed by atoms with Gasteiger partial charge in [-0.1, -0.05) is 45.4 Å². The fraction of sp³-hybridized carbons (Fsp3) is 0.500. The highest BCUT2D eigenvalue weighted by Gasteiger charge is 2.31. The summed E-state index contributed by atoms with van der Waals surface area (Å²) in [6.07, 6.45) is -3.23. The Morgan fingerprint density at radius 3 is 2.19 bits per heavy atom. The van der Waals surface area contributed by atoms with Crippen LogP contribution in [0.25, 0.3) is 0 Å². The molecular formula is C12H17F3O.